The van der Waals surface area contributed by atoms with E-state index in [1.54, 1.807) is 0 Å². The smallest absolute Gasteiger partial charge is 0.320 e. The molecule has 17 heavy (non-hydrogen) atoms. The molecule has 5 nitrogen and oxygen atoms in total. The normalized spacial score (nSPS) is 13.4. The van der Waals surface area contributed by atoms with E-state index in [0.717, 1.165) is 6.26 Å². The summed E-state index contributed by atoms with van der Waals surface area (Å²) >= 11 is 5.81. The molecule has 3 N–H and O–H groups in total. The molecule has 1 atom stereocenters. The minimum absolute atomic E-state index is 0.0202. The Labute approximate surface area is 104 Å². The zero-order valence-electron chi connectivity index (χ0n) is 9.05. The van der Waals surface area contributed by atoms with Gasteiger partial charge in [-0.3, -0.25) is 4.79 Å². The van der Waals surface area contributed by atoms with Crippen molar-refractivity contribution in [2.75, 3.05) is 6.26 Å². The lowest BCUT2D eigenvalue weighted by atomic mass is 10.1. The van der Waals surface area contributed by atoms with Gasteiger partial charge >= 0.3 is 5.97 Å². The van der Waals surface area contributed by atoms with Gasteiger partial charge in [0, 0.05) is 6.26 Å². The zero-order valence-corrected chi connectivity index (χ0v) is 10.6. The molecule has 0 heterocycles. The summed E-state index contributed by atoms with van der Waals surface area (Å²) < 4.78 is 22.6. The van der Waals surface area contributed by atoms with E-state index in [9.17, 15) is 13.2 Å². The summed E-state index contributed by atoms with van der Waals surface area (Å²) in [5, 5.41) is 8.71. The van der Waals surface area contributed by atoms with Crippen LogP contribution < -0.4 is 5.73 Å². The van der Waals surface area contributed by atoms with E-state index < -0.39 is 21.8 Å². The molecule has 94 valence electrons. The molecule has 0 spiro atoms. The Kier molecular flexibility index (Phi) is 4.13. The highest BCUT2D eigenvalue weighted by molar-refractivity contribution is 7.90. The molecule has 0 bridgehead atoms. The van der Waals surface area contributed by atoms with Gasteiger partial charge in [-0.2, -0.15) is 0 Å². The van der Waals surface area contributed by atoms with Crippen molar-refractivity contribution >= 4 is 27.4 Å². The van der Waals surface area contributed by atoms with Crippen LogP contribution in [-0.2, 0) is 21.1 Å². The van der Waals surface area contributed by atoms with E-state index in [2.05, 4.69) is 0 Å². The van der Waals surface area contributed by atoms with Gasteiger partial charge in [-0.05, 0) is 24.1 Å². The molecule has 0 amide bonds. The molecule has 1 aromatic rings. The van der Waals surface area contributed by atoms with E-state index in [1.165, 1.54) is 18.2 Å². The van der Waals surface area contributed by atoms with Crippen LogP contribution >= 0.6 is 11.6 Å². The molecule has 7 heteroatoms. The predicted octanol–water partition coefficient (Wildman–Crippen LogP) is 0.698. The van der Waals surface area contributed by atoms with E-state index in [0.29, 0.717) is 5.56 Å². The van der Waals surface area contributed by atoms with Crippen LogP contribution in [0.1, 0.15) is 5.56 Å². The molecule has 0 radical (unpaired) electrons. The van der Waals surface area contributed by atoms with Crippen molar-refractivity contribution in [2.24, 2.45) is 5.73 Å². The van der Waals surface area contributed by atoms with Gasteiger partial charge in [0.25, 0.3) is 0 Å². The average molecular weight is 278 g/mol. The zero-order chi connectivity index (χ0) is 13.2. The van der Waals surface area contributed by atoms with Crippen LogP contribution in [0.5, 0.6) is 0 Å². The fourth-order valence-electron chi connectivity index (χ4n) is 1.31. The molecule has 1 unspecified atom stereocenters. The molecule has 0 saturated carbocycles. The lowest BCUT2D eigenvalue weighted by Crippen LogP contribution is -2.32. The number of benzene rings is 1. The fourth-order valence-corrected chi connectivity index (χ4v) is 2.67. The molecule has 0 fully saturated rings. The van der Waals surface area contributed by atoms with Gasteiger partial charge in [-0.1, -0.05) is 17.7 Å². The van der Waals surface area contributed by atoms with Crippen LogP contribution in [0.4, 0.5) is 0 Å². The van der Waals surface area contributed by atoms with Crippen LogP contribution in [0.3, 0.4) is 0 Å². The van der Waals surface area contributed by atoms with Crippen molar-refractivity contribution < 1.29 is 18.3 Å². The number of carboxylic acid groups (broad SMARTS) is 1. The summed E-state index contributed by atoms with van der Waals surface area (Å²) in [6.07, 6.45) is 1.15. The molecular formula is C10H12ClNO4S. The van der Waals surface area contributed by atoms with Gasteiger partial charge < -0.3 is 10.8 Å². The molecule has 0 saturated heterocycles. The van der Waals surface area contributed by atoms with E-state index in [-0.39, 0.29) is 16.3 Å². The Morgan fingerprint density at radius 2 is 2.12 bits per heavy atom. The summed E-state index contributed by atoms with van der Waals surface area (Å²) in [5.41, 5.74) is 5.94. The van der Waals surface area contributed by atoms with Crippen molar-refractivity contribution in [3.05, 3.63) is 28.8 Å². The summed E-state index contributed by atoms with van der Waals surface area (Å²) in [4.78, 5) is 10.6. The number of nitrogens with two attached hydrogens (primary N) is 1. The van der Waals surface area contributed by atoms with Gasteiger partial charge in [-0.15, -0.1) is 0 Å². The fraction of sp³-hybridized carbons (Fsp3) is 0.300. The van der Waals surface area contributed by atoms with Gasteiger partial charge in [0.2, 0.25) is 0 Å². The minimum Gasteiger partial charge on any atom is -0.480 e. The highest BCUT2D eigenvalue weighted by Crippen LogP contribution is 2.23. The highest BCUT2D eigenvalue weighted by Gasteiger charge is 2.15. The van der Waals surface area contributed by atoms with Gasteiger partial charge in [0.15, 0.2) is 9.84 Å². The third-order valence-electron chi connectivity index (χ3n) is 2.17. The highest BCUT2D eigenvalue weighted by atomic mass is 35.5. The van der Waals surface area contributed by atoms with Crippen LogP contribution in [0.25, 0.3) is 0 Å². The average Bonchev–Trinajstić information content (AvgIpc) is 2.15. The maximum atomic E-state index is 11.3. The van der Waals surface area contributed by atoms with Crippen molar-refractivity contribution in [1.82, 2.24) is 0 Å². The first-order chi connectivity index (χ1) is 7.71. The Morgan fingerprint density at radius 3 is 2.53 bits per heavy atom. The third-order valence-corrected chi connectivity index (χ3v) is 3.75. The first-order valence-corrected chi connectivity index (χ1v) is 6.95. The molecular weight excluding hydrogens is 266 g/mol. The number of aliphatic carboxylic acids is 1. The quantitative estimate of drug-likeness (QED) is 0.844. The van der Waals surface area contributed by atoms with Crippen molar-refractivity contribution in [3.63, 3.8) is 0 Å². The second kappa shape index (κ2) is 5.03. The maximum Gasteiger partial charge on any atom is 0.320 e. The standard InChI is InChI=1S/C10H12ClNO4S/c1-17(15,16)9-3-2-6(4-7(9)11)5-8(12)10(13)14/h2-4,8H,5,12H2,1H3,(H,13,14). The number of carboxylic acids is 1. The summed E-state index contributed by atoms with van der Waals surface area (Å²) in [7, 11) is -3.37. The van der Waals surface area contributed by atoms with Crippen molar-refractivity contribution in [1.29, 1.82) is 0 Å². The third kappa shape index (κ3) is 3.69. The topological polar surface area (TPSA) is 97.5 Å². The number of sulfone groups is 1. The van der Waals surface area contributed by atoms with Crippen LogP contribution in [-0.4, -0.2) is 31.8 Å². The van der Waals surface area contributed by atoms with Crippen LogP contribution in [0.2, 0.25) is 5.02 Å². The first-order valence-electron chi connectivity index (χ1n) is 4.68. The van der Waals surface area contributed by atoms with Crippen LogP contribution in [0.15, 0.2) is 23.1 Å². The molecule has 0 aliphatic heterocycles. The van der Waals surface area contributed by atoms with E-state index in [4.69, 9.17) is 22.4 Å². The Balaban J connectivity index is 3.02. The molecule has 0 aliphatic rings. The summed E-state index contributed by atoms with van der Waals surface area (Å²) in [6.45, 7) is 0. The molecule has 1 aromatic carbocycles. The Hall–Kier alpha value is -1.11. The Bertz CT molecular complexity index is 541. The van der Waals surface area contributed by atoms with E-state index >= 15 is 0 Å². The SMILES string of the molecule is CS(=O)(=O)c1ccc(CC(N)C(=O)O)cc1Cl. The predicted molar refractivity (Wildman–Crippen MR) is 63.9 cm³/mol. The first kappa shape index (κ1) is 14.0. The largest absolute Gasteiger partial charge is 0.480 e. The van der Waals surface area contributed by atoms with E-state index in [1.807, 2.05) is 0 Å². The second-order valence-corrected chi connectivity index (χ2v) is 6.08. The van der Waals surface area contributed by atoms with Crippen molar-refractivity contribution in [2.45, 2.75) is 17.4 Å². The number of rotatable bonds is 4. The molecule has 0 aromatic heterocycles. The maximum absolute atomic E-state index is 11.3. The minimum atomic E-state index is -3.37. The number of halogens is 1. The summed E-state index contributed by atoms with van der Waals surface area (Å²) in [6, 6.07) is 3.24. The molecule has 0 aliphatic carbocycles. The lowest BCUT2D eigenvalue weighted by molar-refractivity contribution is -0.138. The monoisotopic (exact) mass is 277 g/mol. The van der Waals surface area contributed by atoms with Gasteiger partial charge in [-0.25, -0.2) is 8.42 Å². The summed E-state index contributed by atoms with van der Waals surface area (Å²) in [5.74, 6) is -1.12. The van der Waals surface area contributed by atoms with Crippen molar-refractivity contribution in [3.8, 4) is 0 Å². The molecule has 1 rings (SSSR count). The number of hydrogen-bond donors (Lipinski definition) is 2. The Morgan fingerprint density at radius 1 is 1.53 bits per heavy atom. The van der Waals surface area contributed by atoms with Gasteiger partial charge in [0.1, 0.15) is 6.04 Å². The number of carbonyl (C=O) groups is 1. The lowest BCUT2D eigenvalue weighted by Gasteiger charge is -2.08. The number of hydrogen-bond acceptors (Lipinski definition) is 4. The second-order valence-electron chi connectivity index (χ2n) is 3.69. The van der Waals surface area contributed by atoms with Gasteiger partial charge in [0.05, 0.1) is 9.92 Å². The van der Waals surface area contributed by atoms with Crippen LogP contribution in [0, 0.1) is 0 Å².